The average Bonchev–Trinajstić information content (AvgIpc) is 2.54. The van der Waals surface area contributed by atoms with E-state index in [1.807, 2.05) is 0 Å². The van der Waals surface area contributed by atoms with Crippen LogP contribution in [0.4, 0.5) is 0 Å². The summed E-state index contributed by atoms with van der Waals surface area (Å²) >= 11 is 5.81. The van der Waals surface area contributed by atoms with E-state index in [0.29, 0.717) is 17.6 Å². The number of hydrogen-bond acceptors (Lipinski definition) is 3. The minimum Gasteiger partial charge on any atom is -0.299 e. The predicted octanol–water partition coefficient (Wildman–Crippen LogP) is 2.74. The number of fused-ring (bicyclic) bond motifs is 3. The Morgan fingerprint density at radius 3 is 2.64 bits per heavy atom. The van der Waals surface area contributed by atoms with Gasteiger partial charge in [-0.3, -0.25) is 4.90 Å². The Balaban J connectivity index is 1.62. The second-order valence-electron chi connectivity index (χ2n) is 6.41. The summed E-state index contributed by atoms with van der Waals surface area (Å²) in [4.78, 5) is 2.73. The third-order valence-electron chi connectivity index (χ3n) is 5.17. The van der Waals surface area contributed by atoms with Crippen molar-refractivity contribution in [3.8, 4) is 0 Å². The van der Waals surface area contributed by atoms with Gasteiger partial charge in [-0.2, -0.15) is 0 Å². The molecular weight excluding hydrogens is 320 g/mol. The van der Waals surface area contributed by atoms with Gasteiger partial charge in [0.15, 0.2) is 0 Å². The molecule has 6 heteroatoms. The third-order valence-corrected chi connectivity index (χ3v) is 6.86. The zero-order valence-electron chi connectivity index (χ0n) is 12.8. The van der Waals surface area contributed by atoms with Crippen molar-refractivity contribution in [1.29, 1.82) is 0 Å². The molecule has 3 saturated heterocycles. The summed E-state index contributed by atoms with van der Waals surface area (Å²) in [6.07, 6.45) is 3.60. The van der Waals surface area contributed by atoms with Gasteiger partial charge in [-0.15, -0.1) is 0 Å². The number of sulfonamides is 1. The highest BCUT2D eigenvalue weighted by atomic mass is 35.5. The van der Waals surface area contributed by atoms with Crippen LogP contribution in [0.15, 0.2) is 29.2 Å². The van der Waals surface area contributed by atoms with E-state index >= 15 is 0 Å². The lowest BCUT2D eigenvalue weighted by molar-refractivity contribution is 0.00236. The van der Waals surface area contributed by atoms with E-state index in [4.69, 9.17) is 11.6 Å². The maximum absolute atomic E-state index is 12.3. The Morgan fingerprint density at radius 1 is 1.32 bits per heavy atom. The highest BCUT2D eigenvalue weighted by Gasteiger charge is 2.39. The molecule has 0 radical (unpaired) electrons. The first-order chi connectivity index (χ1) is 10.5. The Labute approximate surface area is 137 Å². The van der Waals surface area contributed by atoms with E-state index in [2.05, 4.69) is 16.5 Å². The number of rotatable bonds is 5. The van der Waals surface area contributed by atoms with Crippen molar-refractivity contribution < 1.29 is 8.42 Å². The van der Waals surface area contributed by atoms with Crippen LogP contribution < -0.4 is 4.72 Å². The van der Waals surface area contributed by atoms with E-state index in [1.54, 1.807) is 24.3 Å². The summed E-state index contributed by atoms with van der Waals surface area (Å²) in [7, 11) is -3.45. The number of benzene rings is 1. The molecule has 4 nitrogen and oxygen atoms in total. The van der Waals surface area contributed by atoms with E-state index in [-0.39, 0.29) is 4.90 Å². The van der Waals surface area contributed by atoms with Gasteiger partial charge in [-0.25, -0.2) is 13.1 Å². The van der Waals surface area contributed by atoms with E-state index in [0.717, 1.165) is 31.3 Å². The van der Waals surface area contributed by atoms with Gasteiger partial charge in [-0.05, 0) is 55.5 Å². The molecule has 4 rings (SSSR count). The van der Waals surface area contributed by atoms with Crippen LogP contribution >= 0.6 is 11.6 Å². The van der Waals surface area contributed by atoms with Crippen LogP contribution in [0.3, 0.4) is 0 Å². The first-order valence-corrected chi connectivity index (χ1v) is 9.85. The smallest absolute Gasteiger partial charge is 0.240 e. The fourth-order valence-electron chi connectivity index (χ4n) is 3.83. The topological polar surface area (TPSA) is 49.4 Å². The Hall–Kier alpha value is -0.620. The van der Waals surface area contributed by atoms with E-state index in [1.165, 1.54) is 12.8 Å². The maximum Gasteiger partial charge on any atom is 0.240 e. The highest BCUT2D eigenvalue weighted by Crippen LogP contribution is 2.37. The van der Waals surface area contributed by atoms with Crippen LogP contribution in [0.1, 0.15) is 26.2 Å². The lowest BCUT2D eigenvalue weighted by Gasteiger charge is -2.49. The van der Waals surface area contributed by atoms with Crippen molar-refractivity contribution in [1.82, 2.24) is 9.62 Å². The van der Waals surface area contributed by atoms with Crippen LogP contribution in [-0.2, 0) is 10.0 Å². The molecule has 2 bridgehead atoms. The molecule has 0 saturated carbocycles. The van der Waals surface area contributed by atoms with E-state index in [9.17, 15) is 8.42 Å². The minimum absolute atomic E-state index is 0.277. The molecule has 1 aromatic carbocycles. The summed E-state index contributed by atoms with van der Waals surface area (Å²) in [6, 6.07) is 6.64. The standard InChI is InChI=1S/C16H23ClN2O2S/c1-2-12-11-19-8-7-13(12)9-15(19)10-18-22(20,21)16-5-3-14(17)4-6-16/h3-6,12-13,15,18H,2,7-11H2,1H3/t12-,13+,15-/m1/s1. The summed E-state index contributed by atoms with van der Waals surface area (Å²) in [5.41, 5.74) is 0. The maximum atomic E-state index is 12.3. The van der Waals surface area contributed by atoms with Crippen LogP contribution in [0, 0.1) is 11.8 Å². The quantitative estimate of drug-likeness (QED) is 0.895. The normalized spacial score (nSPS) is 31.4. The van der Waals surface area contributed by atoms with Crippen molar-refractivity contribution in [2.24, 2.45) is 11.8 Å². The van der Waals surface area contributed by atoms with Crippen molar-refractivity contribution >= 4 is 21.6 Å². The zero-order valence-corrected chi connectivity index (χ0v) is 14.4. The molecular formula is C16H23ClN2O2S. The Kier molecular flexibility index (Phi) is 4.78. The minimum atomic E-state index is -3.45. The van der Waals surface area contributed by atoms with Crippen molar-refractivity contribution in [2.75, 3.05) is 19.6 Å². The number of piperidine rings is 3. The number of nitrogens with one attached hydrogen (secondary N) is 1. The van der Waals surface area contributed by atoms with Gasteiger partial charge >= 0.3 is 0 Å². The molecule has 0 aromatic heterocycles. The monoisotopic (exact) mass is 342 g/mol. The largest absolute Gasteiger partial charge is 0.299 e. The van der Waals surface area contributed by atoms with Gasteiger partial charge in [-0.1, -0.05) is 24.9 Å². The van der Waals surface area contributed by atoms with Crippen molar-refractivity contribution in [3.05, 3.63) is 29.3 Å². The molecule has 3 heterocycles. The molecule has 0 aliphatic carbocycles. The summed E-state index contributed by atoms with van der Waals surface area (Å²) in [5, 5.41) is 0.542. The summed E-state index contributed by atoms with van der Waals surface area (Å²) in [6.45, 7) is 4.98. The van der Waals surface area contributed by atoms with Gasteiger partial charge in [0.25, 0.3) is 0 Å². The lowest BCUT2D eigenvalue weighted by Crippen LogP contribution is -2.56. The fourth-order valence-corrected chi connectivity index (χ4v) is 5.03. The lowest BCUT2D eigenvalue weighted by atomic mass is 9.74. The molecule has 122 valence electrons. The fraction of sp³-hybridized carbons (Fsp3) is 0.625. The second kappa shape index (κ2) is 6.48. The summed E-state index contributed by atoms with van der Waals surface area (Å²) in [5.74, 6) is 1.55. The van der Waals surface area contributed by atoms with Crippen LogP contribution in [0.25, 0.3) is 0 Å². The molecule has 0 amide bonds. The van der Waals surface area contributed by atoms with Crippen molar-refractivity contribution in [3.63, 3.8) is 0 Å². The number of nitrogens with zero attached hydrogens (tertiary/aromatic N) is 1. The zero-order chi connectivity index (χ0) is 15.7. The Morgan fingerprint density at radius 2 is 2.05 bits per heavy atom. The molecule has 1 N–H and O–H groups in total. The molecule has 1 aromatic rings. The van der Waals surface area contributed by atoms with Gasteiger partial charge in [0.1, 0.15) is 0 Å². The third kappa shape index (κ3) is 3.32. The molecule has 3 fully saturated rings. The number of hydrogen-bond donors (Lipinski definition) is 1. The van der Waals surface area contributed by atoms with Gasteiger partial charge in [0.05, 0.1) is 4.90 Å². The Bertz CT molecular complexity index is 618. The van der Waals surface area contributed by atoms with Gasteiger partial charge < -0.3 is 0 Å². The summed E-state index contributed by atoms with van der Waals surface area (Å²) < 4.78 is 27.4. The van der Waals surface area contributed by atoms with Gasteiger partial charge in [0.2, 0.25) is 10.0 Å². The SMILES string of the molecule is CC[C@@H]1CN2CC[C@H]1C[C@@H]2CNS(=O)(=O)c1ccc(Cl)cc1. The average molecular weight is 343 g/mol. The molecule has 0 spiro atoms. The van der Waals surface area contributed by atoms with Crippen LogP contribution in [0.2, 0.25) is 5.02 Å². The van der Waals surface area contributed by atoms with Crippen molar-refractivity contribution in [2.45, 2.75) is 37.1 Å². The second-order valence-corrected chi connectivity index (χ2v) is 8.61. The molecule has 4 atom stereocenters. The molecule has 1 unspecified atom stereocenters. The first kappa shape index (κ1) is 16.2. The van der Waals surface area contributed by atoms with E-state index < -0.39 is 10.0 Å². The van der Waals surface area contributed by atoms with Gasteiger partial charge in [0, 0.05) is 24.2 Å². The predicted molar refractivity (Wildman–Crippen MR) is 88.5 cm³/mol. The van der Waals surface area contributed by atoms with Crippen LogP contribution in [-0.4, -0.2) is 39.0 Å². The molecule has 22 heavy (non-hydrogen) atoms. The first-order valence-electron chi connectivity index (χ1n) is 7.99. The highest BCUT2D eigenvalue weighted by molar-refractivity contribution is 7.89. The molecule has 3 aliphatic rings. The van der Waals surface area contributed by atoms with Crippen LogP contribution in [0.5, 0.6) is 0 Å². The molecule has 3 aliphatic heterocycles. The number of halogens is 1.